The Kier molecular flexibility index (Phi) is 6.08. The first-order valence-electron chi connectivity index (χ1n) is 6.85. The summed E-state index contributed by atoms with van der Waals surface area (Å²) in [4.78, 5) is 24.8. The van der Waals surface area contributed by atoms with Crippen molar-refractivity contribution >= 4 is 12.0 Å². The monoisotopic (exact) mass is 272 g/mol. The minimum atomic E-state index is -0.923. The number of carboxylic acid groups (broad SMARTS) is 1. The predicted molar refractivity (Wildman–Crippen MR) is 71.0 cm³/mol. The highest BCUT2D eigenvalue weighted by Gasteiger charge is 2.35. The Labute approximate surface area is 114 Å². The van der Waals surface area contributed by atoms with Crippen LogP contribution in [0.1, 0.15) is 27.2 Å². The van der Waals surface area contributed by atoms with Crippen LogP contribution in [0.15, 0.2) is 0 Å². The molecule has 3 unspecified atom stereocenters. The highest BCUT2D eigenvalue weighted by molar-refractivity contribution is 5.77. The minimum absolute atomic E-state index is 0.164. The molecule has 3 atom stereocenters. The van der Waals surface area contributed by atoms with Gasteiger partial charge in [0.1, 0.15) is 5.92 Å². The number of hydrogen-bond donors (Lipinski definition) is 2. The summed E-state index contributed by atoms with van der Waals surface area (Å²) in [6, 6.07) is -0.638. The zero-order valence-electron chi connectivity index (χ0n) is 11.9. The molecule has 0 spiro atoms. The van der Waals surface area contributed by atoms with E-state index in [1.807, 2.05) is 6.92 Å². The van der Waals surface area contributed by atoms with E-state index >= 15 is 0 Å². The van der Waals surface area contributed by atoms with Crippen molar-refractivity contribution in [3.05, 3.63) is 0 Å². The van der Waals surface area contributed by atoms with Gasteiger partial charge in [-0.05, 0) is 12.8 Å². The molecule has 0 aromatic rings. The molecule has 0 saturated carbocycles. The Morgan fingerprint density at radius 2 is 2.11 bits per heavy atom. The Morgan fingerprint density at radius 3 is 2.63 bits per heavy atom. The standard InChI is InChI=1S/C13H24N2O4/c1-4-9(3)6-15(5-2)13(18)14-11-8-19-7-10(11)12(16)17/h9-11H,4-8H2,1-3H3,(H,14,18)(H,16,17). The third-order valence-electron chi connectivity index (χ3n) is 3.60. The molecule has 1 rings (SSSR count). The lowest BCUT2D eigenvalue weighted by Gasteiger charge is -2.26. The molecule has 0 aromatic carbocycles. The van der Waals surface area contributed by atoms with Crippen molar-refractivity contribution in [2.24, 2.45) is 11.8 Å². The van der Waals surface area contributed by atoms with Gasteiger partial charge in [-0.1, -0.05) is 20.3 Å². The second-order valence-electron chi connectivity index (χ2n) is 5.09. The molecule has 0 radical (unpaired) electrons. The number of rotatable bonds is 6. The van der Waals surface area contributed by atoms with E-state index in [1.165, 1.54) is 0 Å². The summed E-state index contributed by atoms with van der Waals surface area (Å²) in [6.07, 6.45) is 1.01. The van der Waals surface area contributed by atoms with Crippen LogP contribution in [0.3, 0.4) is 0 Å². The maximum Gasteiger partial charge on any atom is 0.317 e. The van der Waals surface area contributed by atoms with E-state index in [-0.39, 0.29) is 19.2 Å². The van der Waals surface area contributed by atoms with Gasteiger partial charge in [0.2, 0.25) is 0 Å². The fraction of sp³-hybridized carbons (Fsp3) is 0.846. The fourth-order valence-electron chi connectivity index (χ4n) is 2.05. The van der Waals surface area contributed by atoms with Crippen LogP contribution in [0, 0.1) is 11.8 Å². The Bertz CT molecular complexity index is 322. The number of carbonyl (C=O) groups excluding carboxylic acids is 1. The number of ether oxygens (including phenoxy) is 1. The second-order valence-corrected chi connectivity index (χ2v) is 5.09. The van der Waals surface area contributed by atoms with E-state index in [0.29, 0.717) is 19.0 Å². The van der Waals surface area contributed by atoms with Crippen LogP contribution in [0.4, 0.5) is 4.79 Å². The van der Waals surface area contributed by atoms with E-state index in [0.717, 1.165) is 6.42 Å². The molecule has 6 nitrogen and oxygen atoms in total. The van der Waals surface area contributed by atoms with Crippen LogP contribution in [-0.4, -0.2) is 54.4 Å². The molecule has 6 heteroatoms. The highest BCUT2D eigenvalue weighted by atomic mass is 16.5. The normalized spacial score (nSPS) is 23.9. The summed E-state index contributed by atoms with van der Waals surface area (Å²) in [7, 11) is 0. The number of amides is 2. The summed E-state index contributed by atoms with van der Waals surface area (Å²) in [5.74, 6) is -1.14. The van der Waals surface area contributed by atoms with Crippen molar-refractivity contribution < 1.29 is 19.4 Å². The number of carbonyl (C=O) groups is 2. The average Bonchev–Trinajstić information content (AvgIpc) is 2.83. The molecular weight excluding hydrogens is 248 g/mol. The van der Waals surface area contributed by atoms with E-state index in [1.54, 1.807) is 4.90 Å². The van der Waals surface area contributed by atoms with Crippen molar-refractivity contribution in [1.29, 1.82) is 0 Å². The van der Waals surface area contributed by atoms with Gasteiger partial charge in [-0.3, -0.25) is 4.79 Å². The molecule has 2 N–H and O–H groups in total. The van der Waals surface area contributed by atoms with Crippen molar-refractivity contribution in [2.45, 2.75) is 33.2 Å². The number of nitrogens with zero attached hydrogens (tertiary/aromatic N) is 1. The molecule has 1 fully saturated rings. The Balaban J connectivity index is 2.54. The first kappa shape index (κ1) is 15.8. The number of urea groups is 1. The zero-order valence-corrected chi connectivity index (χ0v) is 11.9. The highest BCUT2D eigenvalue weighted by Crippen LogP contribution is 2.14. The third-order valence-corrected chi connectivity index (χ3v) is 3.60. The van der Waals surface area contributed by atoms with Crippen molar-refractivity contribution in [1.82, 2.24) is 10.2 Å². The fourth-order valence-corrected chi connectivity index (χ4v) is 2.05. The van der Waals surface area contributed by atoms with E-state index < -0.39 is 17.9 Å². The largest absolute Gasteiger partial charge is 0.481 e. The van der Waals surface area contributed by atoms with Gasteiger partial charge in [0.25, 0.3) is 0 Å². The van der Waals surface area contributed by atoms with Gasteiger partial charge in [-0.15, -0.1) is 0 Å². The van der Waals surface area contributed by atoms with Gasteiger partial charge < -0.3 is 20.1 Å². The van der Waals surface area contributed by atoms with Crippen LogP contribution in [0.5, 0.6) is 0 Å². The van der Waals surface area contributed by atoms with Crippen molar-refractivity contribution in [2.75, 3.05) is 26.3 Å². The molecule has 0 bridgehead atoms. The molecule has 2 amide bonds. The lowest BCUT2D eigenvalue weighted by molar-refractivity contribution is -0.142. The molecule has 0 aliphatic carbocycles. The van der Waals surface area contributed by atoms with Crippen molar-refractivity contribution in [3.63, 3.8) is 0 Å². The maximum absolute atomic E-state index is 12.1. The molecule has 110 valence electrons. The van der Waals surface area contributed by atoms with Crippen LogP contribution in [0.2, 0.25) is 0 Å². The van der Waals surface area contributed by atoms with Gasteiger partial charge >= 0.3 is 12.0 Å². The average molecular weight is 272 g/mol. The first-order chi connectivity index (χ1) is 8.99. The van der Waals surface area contributed by atoms with Gasteiger partial charge in [-0.2, -0.15) is 0 Å². The molecule has 1 saturated heterocycles. The van der Waals surface area contributed by atoms with Gasteiger partial charge in [0.15, 0.2) is 0 Å². The summed E-state index contributed by atoms with van der Waals surface area (Å²) in [5.41, 5.74) is 0. The van der Waals surface area contributed by atoms with Crippen molar-refractivity contribution in [3.8, 4) is 0 Å². The summed E-state index contributed by atoms with van der Waals surface area (Å²) < 4.78 is 5.13. The molecule has 1 aliphatic heterocycles. The second kappa shape index (κ2) is 7.33. The molecular formula is C13H24N2O4. The summed E-state index contributed by atoms with van der Waals surface area (Å²) in [5, 5.41) is 11.8. The smallest absolute Gasteiger partial charge is 0.317 e. The quantitative estimate of drug-likeness (QED) is 0.760. The van der Waals surface area contributed by atoms with Crippen LogP contribution in [0.25, 0.3) is 0 Å². The molecule has 0 aromatic heterocycles. The molecule has 19 heavy (non-hydrogen) atoms. The number of nitrogens with one attached hydrogen (secondary N) is 1. The van der Waals surface area contributed by atoms with Crippen LogP contribution >= 0.6 is 0 Å². The van der Waals surface area contributed by atoms with Crippen LogP contribution < -0.4 is 5.32 Å². The van der Waals surface area contributed by atoms with E-state index in [2.05, 4.69) is 19.2 Å². The summed E-state index contributed by atoms with van der Waals surface area (Å²) >= 11 is 0. The summed E-state index contributed by atoms with van der Waals surface area (Å²) in [6.45, 7) is 7.82. The Morgan fingerprint density at radius 1 is 1.42 bits per heavy atom. The third kappa shape index (κ3) is 4.38. The molecule has 1 aliphatic rings. The SMILES string of the molecule is CCC(C)CN(CC)C(=O)NC1COCC1C(=O)O. The van der Waals surface area contributed by atoms with E-state index in [9.17, 15) is 9.59 Å². The predicted octanol–water partition coefficient (Wildman–Crippen LogP) is 1.16. The van der Waals surface area contributed by atoms with Gasteiger partial charge in [0, 0.05) is 13.1 Å². The number of hydrogen-bond acceptors (Lipinski definition) is 3. The lowest BCUT2D eigenvalue weighted by atomic mass is 10.0. The number of aliphatic carboxylic acids is 1. The first-order valence-corrected chi connectivity index (χ1v) is 6.85. The molecule has 1 heterocycles. The van der Waals surface area contributed by atoms with E-state index in [4.69, 9.17) is 9.84 Å². The topological polar surface area (TPSA) is 78.9 Å². The zero-order chi connectivity index (χ0) is 14.4. The Hall–Kier alpha value is -1.30. The van der Waals surface area contributed by atoms with Gasteiger partial charge in [-0.25, -0.2) is 4.79 Å². The maximum atomic E-state index is 12.1. The van der Waals surface area contributed by atoms with Gasteiger partial charge in [0.05, 0.1) is 19.3 Å². The van der Waals surface area contributed by atoms with Crippen LogP contribution in [-0.2, 0) is 9.53 Å². The minimum Gasteiger partial charge on any atom is -0.481 e. The lowest BCUT2D eigenvalue weighted by Crippen LogP contribution is -2.49. The number of carboxylic acids is 1.